The summed E-state index contributed by atoms with van der Waals surface area (Å²) in [5.74, 6) is -2.28. The molecule has 0 aromatic heterocycles. The molecule has 1 N–H and O–H groups in total. The quantitative estimate of drug-likeness (QED) is 0.259. The van der Waals surface area contributed by atoms with E-state index >= 15 is 0 Å². The van der Waals surface area contributed by atoms with Gasteiger partial charge in [0.05, 0.1) is 19.4 Å². The maximum atomic E-state index is 12.7. The van der Waals surface area contributed by atoms with E-state index in [4.69, 9.17) is 21.1 Å². The summed E-state index contributed by atoms with van der Waals surface area (Å²) in [6.45, 7) is 4.92. The van der Waals surface area contributed by atoms with Crippen LogP contribution in [0, 0.1) is 0 Å². The first kappa shape index (κ1) is 22.6. The summed E-state index contributed by atoms with van der Waals surface area (Å²) in [4.78, 5) is 49.9. The van der Waals surface area contributed by atoms with Crippen LogP contribution in [-0.4, -0.2) is 66.4 Å². The SMILES string of the molecule is C=C(C)C(C(=O)OC)N1C(=O)[C@H](NC(=O)Cc2ccccc2)[C@@H]1OCC(=O)CCl. The van der Waals surface area contributed by atoms with Crippen LogP contribution in [0.5, 0.6) is 0 Å². The number of carbonyl (C=O) groups is 4. The van der Waals surface area contributed by atoms with E-state index in [2.05, 4.69) is 11.9 Å². The number of ether oxygens (including phenoxy) is 2. The molecule has 1 fully saturated rings. The molecule has 1 aromatic rings. The maximum absolute atomic E-state index is 12.7. The number of hydrogen-bond donors (Lipinski definition) is 1. The lowest BCUT2D eigenvalue weighted by Gasteiger charge is -2.49. The number of rotatable bonds is 10. The fraction of sp³-hybridized carbons (Fsp3) is 0.400. The van der Waals surface area contributed by atoms with Crippen LogP contribution in [0.4, 0.5) is 0 Å². The Morgan fingerprint density at radius 1 is 1.28 bits per heavy atom. The largest absolute Gasteiger partial charge is 0.467 e. The lowest BCUT2D eigenvalue weighted by Crippen LogP contribution is -2.75. The van der Waals surface area contributed by atoms with Gasteiger partial charge in [0.15, 0.2) is 24.1 Å². The lowest BCUT2D eigenvalue weighted by atomic mass is 9.97. The molecule has 0 bridgehead atoms. The summed E-state index contributed by atoms with van der Waals surface area (Å²) < 4.78 is 10.3. The van der Waals surface area contributed by atoms with E-state index in [1.165, 1.54) is 7.11 Å². The summed E-state index contributed by atoms with van der Waals surface area (Å²) in [6.07, 6.45) is -0.964. The molecule has 0 saturated carbocycles. The molecular weight excluding hydrogens is 400 g/mol. The van der Waals surface area contributed by atoms with Crippen molar-refractivity contribution in [2.75, 3.05) is 19.6 Å². The first-order valence-electron chi connectivity index (χ1n) is 8.88. The predicted octanol–water partition coefficient (Wildman–Crippen LogP) is 0.824. The highest BCUT2D eigenvalue weighted by Gasteiger charge is 2.54. The third-order valence-electron chi connectivity index (χ3n) is 4.34. The van der Waals surface area contributed by atoms with E-state index in [9.17, 15) is 19.2 Å². The number of likely N-dealkylation sites (tertiary alicyclic amines) is 1. The number of amides is 2. The number of nitrogens with zero attached hydrogens (tertiary/aromatic N) is 1. The van der Waals surface area contributed by atoms with Gasteiger partial charge in [-0.1, -0.05) is 36.9 Å². The summed E-state index contributed by atoms with van der Waals surface area (Å²) >= 11 is 5.49. The Hall–Kier alpha value is -2.71. The Morgan fingerprint density at radius 2 is 1.93 bits per heavy atom. The Kier molecular flexibility index (Phi) is 7.92. The van der Waals surface area contributed by atoms with Crippen LogP contribution in [0.1, 0.15) is 12.5 Å². The number of nitrogens with one attached hydrogen (secondary N) is 1. The molecule has 156 valence electrons. The maximum Gasteiger partial charge on any atom is 0.333 e. The number of Topliss-reactive ketones (excluding diaryl/α,β-unsaturated/α-hetero) is 1. The van der Waals surface area contributed by atoms with Crippen LogP contribution in [0.3, 0.4) is 0 Å². The lowest BCUT2D eigenvalue weighted by molar-refractivity contribution is -0.195. The highest BCUT2D eigenvalue weighted by molar-refractivity contribution is 6.27. The molecule has 1 aromatic carbocycles. The molecule has 8 nitrogen and oxygen atoms in total. The summed E-state index contributed by atoms with van der Waals surface area (Å²) in [6, 6.07) is 6.88. The van der Waals surface area contributed by atoms with Crippen molar-refractivity contribution < 1.29 is 28.7 Å². The Balaban J connectivity index is 2.16. The van der Waals surface area contributed by atoms with Crippen LogP contribution in [0.2, 0.25) is 0 Å². The van der Waals surface area contributed by atoms with Gasteiger partial charge in [-0.2, -0.15) is 0 Å². The van der Waals surface area contributed by atoms with Crippen molar-refractivity contribution in [3.05, 3.63) is 48.0 Å². The van der Waals surface area contributed by atoms with Gasteiger partial charge in [0.25, 0.3) is 5.91 Å². The molecule has 1 heterocycles. The van der Waals surface area contributed by atoms with Crippen LogP contribution in [0.25, 0.3) is 0 Å². The standard InChI is InChI=1S/C20H23ClN2O6/c1-12(2)17(20(27)28-3)23-18(26)16(19(23)29-11-14(24)10-21)22-15(25)9-13-7-5-4-6-8-13/h4-8,16-17,19H,1,9-11H2,2-3H3,(H,22,25)/t16-,17?,19-/m0/s1. The zero-order valence-corrected chi connectivity index (χ0v) is 17.0. The molecule has 3 atom stereocenters. The summed E-state index contributed by atoms with van der Waals surface area (Å²) in [5, 5.41) is 2.61. The third-order valence-corrected chi connectivity index (χ3v) is 4.64. The Morgan fingerprint density at radius 3 is 2.48 bits per heavy atom. The molecule has 0 radical (unpaired) electrons. The number of methoxy groups -OCH3 is 1. The molecule has 2 rings (SSSR count). The predicted molar refractivity (Wildman–Crippen MR) is 105 cm³/mol. The number of halogens is 1. The molecule has 1 aliphatic rings. The zero-order chi connectivity index (χ0) is 21.6. The zero-order valence-electron chi connectivity index (χ0n) is 16.2. The Labute approximate surface area is 173 Å². The van der Waals surface area contributed by atoms with Gasteiger partial charge < -0.3 is 14.8 Å². The van der Waals surface area contributed by atoms with Gasteiger partial charge in [-0.25, -0.2) is 4.79 Å². The van der Waals surface area contributed by atoms with Crippen molar-refractivity contribution >= 4 is 35.2 Å². The normalized spacial score (nSPS) is 19.1. The van der Waals surface area contributed by atoms with E-state index in [0.29, 0.717) is 5.57 Å². The second-order valence-electron chi connectivity index (χ2n) is 6.60. The topological polar surface area (TPSA) is 102 Å². The molecular formula is C20H23ClN2O6. The van der Waals surface area contributed by atoms with Crippen molar-refractivity contribution in [1.29, 1.82) is 0 Å². The molecule has 0 aliphatic carbocycles. The van der Waals surface area contributed by atoms with Crippen LogP contribution < -0.4 is 5.32 Å². The third kappa shape index (κ3) is 5.42. The molecule has 1 saturated heterocycles. The van der Waals surface area contributed by atoms with E-state index in [1.807, 2.05) is 6.07 Å². The smallest absolute Gasteiger partial charge is 0.333 e. The first-order valence-corrected chi connectivity index (χ1v) is 9.41. The number of esters is 1. The molecule has 9 heteroatoms. The van der Waals surface area contributed by atoms with Crippen molar-refractivity contribution in [3.63, 3.8) is 0 Å². The highest BCUT2D eigenvalue weighted by Crippen LogP contribution is 2.28. The number of ketones is 1. The fourth-order valence-electron chi connectivity index (χ4n) is 2.96. The van der Waals surface area contributed by atoms with E-state index in [1.54, 1.807) is 31.2 Å². The number of alkyl halides is 1. The van der Waals surface area contributed by atoms with E-state index in [0.717, 1.165) is 10.5 Å². The highest BCUT2D eigenvalue weighted by atomic mass is 35.5. The van der Waals surface area contributed by atoms with Gasteiger partial charge in [0.2, 0.25) is 5.91 Å². The summed E-state index contributed by atoms with van der Waals surface area (Å²) in [7, 11) is 1.19. The van der Waals surface area contributed by atoms with Gasteiger partial charge in [0.1, 0.15) is 6.61 Å². The van der Waals surface area contributed by atoms with Crippen molar-refractivity contribution in [2.24, 2.45) is 0 Å². The molecule has 29 heavy (non-hydrogen) atoms. The van der Waals surface area contributed by atoms with Crippen molar-refractivity contribution in [2.45, 2.75) is 31.7 Å². The van der Waals surface area contributed by atoms with Crippen molar-refractivity contribution in [3.8, 4) is 0 Å². The average molecular weight is 423 g/mol. The van der Waals surface area contributed by atoms with E-state index in [-0.39, 0.29) is 18.9 Å². The minimum absolute atomic E-state index is 0.0683. The Bertz CT molecular complexity index is 797. The van der Waals surface area contributed by atoms with Gasteiger partial charge in [-0.05, 0) is 18.1 Å². The van der Waals surface area contributed by atoms with Gasteiger partial charge in [-0.3, -0.25) is 19.3 Å². The minimum Gasteiger partial charge on any atom is -0.467 e. The molecule has 1 aliphatic heterocycles. The molecule has 1 unspecified atom stereocenters. The van der Waals surface area contributed by atoms with Gasteiger partial charge in [-0.15, -0.1) is 11.6 Å². The second-order valence-corrected chi connectivity index (χ2v) is 6.87. The second kappa shape index (κ2) is 10.2. The van der Waals surface area contributed by atoms with Gasteiger partial charge >= 0.3 is 5.97 Å². The fourth-order valence-corrected chi connectivity index (χ4v) is 3.03. The summed E-state index contributed by atoms with van der Waals surface area (Å²) in [5.41, 5.74) is 1.13. The average Bonchev–Trinajstić information content (AvgIpc) is 2.71. The molecule has 2 amide bonds. The van der Waals surface area contributed by atoms with Gasteiger partial charge in [0, 0.05) is 0 Å². The molecule has 0 spiro atoms. The monoisotopic (exact) mass is 422 g/mol. The number of benzene rings is 1. The number of hydrogen-bond acceptors (Lipinski definition) is 6. The number of carbonyl (C=O) groups excluding carboxylic acids is 4. The first-order chi connectivity index (χ1) is 13.8. The van der Waals surface area contributed by atoms with Crippen LogP contribution in [0.15, 0.2) is 42.5 Å². The van der Waals surface area contributed by atoms with E-state index < -0.39 is 41.9 Å². The van der Waals surface area contributed by atoms with Crippen LogP contribution in [-0.2, 0) is 35.1 Å². The minimum atomic E-state index is -1.09. The van der Waals surface area contributed by atoms with Crippen molar-refractivity contribution in [1.82, 2.24) is 10.2 Å². The number of β-lactam (4-membered cyclic amide) rings is 1. The van der Waals surface area contributed by atoms with Crippen LogP contribution >= 0.6 is 11.6 Å².